The van der Waals surface area contributed by atoms with Crippen molar-refractivity contribution >= 4 is 39.6 Å². The number of nitrogens with zero attached hydrogens (tertiary/aromatic N) is 3. The number of anilines is 1. The Hall–Kier alpha value is -2.78. The summed E-state index contributed by atoms with van der Waals surface area (Å²) in [5, 5.41) is 8.23. The Morgan fingerprint density at radius 2 is 2.10 bits per heavy atom. The van der Waals surface area contributed by atoms with Gasteiger partial charge in [0.1, 0.15) is 12.4 Å². The SMILES string of the molecule is Cc1nc(COc2ccc(C(=O)N3CCCC(C(=O)Nc4nccs4)C3)cc2)cs1. The standard InChI is InChI=1S/C21H22N4O3S2/c1-14-23-17(13-30-14)12-28-18-6-4-15(5-7-18)20(27)25-9-2-3-16(11-25)19(26)24-21-22-8-10-29-21/h4-8,10,13,16H,2-3,9,11-12H2,1H3,(H,22,24,26). The quantitative estimate of drug-likeness (QED) is 0.624. The lowest BCUT2D eigenvalue weighted by molar-refractivity contribution is -0.121. The summed E-state index contributed by atoms with van der Waals surface area (Å²) < 4.78 is 5.75. The minimum atomic E-state index is -0.226. The molecule has 1 atom stereocenters. The predicted octanol–water partition coefficient (Wildman–Crippen LogP) is 3.98. The molecule has 0 saturated carbocycles. The Bertz CT molecular complexity index is 1000. The van der Waals surface area contributed by atoms with E-state index in [2.05, 4.69) is 15.3 Å². The van der Waals surface area contributed by atoms with E-state index in [9.17, 15) is 9.59 Å². The number of nitrogens with one attached hydrogen (secondary N) is 1. The van der Waals surface area contributed by atoms with Gasteiger partial charge < -0.3 is 15.0 Å². The van der Waals surface area contributed by atoms with Gasteiger partial charge in [-0.1, -0.05) is 0 Å². The summed E-state index contributed by atoms with van der Waals surface area (Å²) >= 11 is 2.98. The average Bonchev–Trinajstić information content (AvgIpc) is 3.44. The van der Waals surface area contributed by atoms with Crippen LogP contribution in [-0.2, 0) is 11.4 Å². The molecule has 0 spiro atoms. The molecule has 1 fully saturated rings. The summed E-state index contributed by atoms with van der Waals surface area (Å²) in [7, 11) is 0. The molecule has 2 amide bonds. The number of carbonyl (C=O) groups excluding carboxylic acids is 2. The first kappa shape index (κ1) is 20.5. The highest BCUT2D eigenvalue weighted by Crippen LogP contribution is 2.22. The number of aromatic nitrogens is 2. The van der Waals surface area contributed by atoms with Crippen molar-refractivity contribution in [3.05, 3.63) is 57.5 Å². The Balaban J connectivity index is 1.33. The van der Waals surface area contributed by atoms with Gasteiger partial charge >= 0.3 is 0 Å². The summed E-state index contributed by atoms with van der Waals surface area (Å²) in [5.41, 5.74) is 1.49. The van der Waals surface area contributed by atoms with Crippen molar-refractivity contribution in [3.8, 4) is 5.75 Å². The van der Waals surface area contributed by atoms with Crippen molar-refractivity contribution in [3.63, 3.8) is 0 Å². The number of hydrogen-bond donors (Lipinski definition) is 1. The number of benzene rings is 1. The highest BCUT2D eigenvalue weighted by Gasteiger charge is 2.29. The number of carbonyl (C=O) groups is 2. The van der Waals surface area contributed by atoms with Crippen molar-refractivity contribution in [2.45, 2.75) is 26.4 Å². The molecule has 2 aromatic heterocycles. The molecule has 1 aromatic carbocycles. The molecule has 4 rings (SSSR count). The smallest absolute Gasteiger partial charge is 0.253 e. The highest BCUT2D eigenvalue weighted by molar-refractivity contribution is 7.13. The van der Waals surface area contributed by atoms with Crippen LogP contribution >= 0.6 is 22.7 Å². The van der Waals surface area contributed by atoms with E-state index >= 15 is 0 Å². The zero-order valence-electron chi connectivity index (χ0n) is 16.5. The van der Waals surface area contributed by atoms with E-state index in [-0.39, 0.29) is 17.7 Å². The second kappa shape index (κ2) is 9.36. The molecule has 9 heteroatoms. The van der Waals surface area contributed by atoms with E-state index in [0.717, 1.165) is 23.5 Å². The molecule has 1 aliphatic rings. The van der Waals surface area contributed by atoms with E-state index in [1.165, 1.54) is 11.3 Å². The number of ether oxygens (including phenoxy) is 1. The molecular formula is C21H22N4O3S2. The monoisotopic (exact) mass is 442 g/mol. The number of piperidine rings is 1. The van der Waals surface area contributed by atoms with Crippen LogP contribution in [-0.4, -0.2) is 39.8 Å². The van der Waals surface area contributed by atoms with Crippen LogP contribution in [0.3, 0.4) is 0 Å². The molecule has 0 bridgehead atoms. The molecule has 1 unspecified atom stereocenters. The fraction of sp³-hybridized carbons (Fsp3) is 0.333. The van der Waals surface area contributed by atoms with Crippen LogP contribution in [0.25, 0.3) is 0 Å². The summed E-state index contributed by atoms with van der Waals surface area (Å²) in [6.07, 6.45) is 3.22. The van der Waals surface area contributed by atoms with Gasteiger partial charge in [-0.25, -0.2) is 9.97 Å². The van der Waals surface area contributed by atoms with Gasteiger partial charge in [-0.3, -0.25) is 9.59 Å². The third-order valence-corrected chi connectivity index (χ3v) is 6.41. The van der Waals surface area contributed by atoms with Crippen LogP contribution in [0.15, 0.2) is 41.2 Å². The minimum Gasteiger partial charge on any atom is -0.487 e. The van der Waals surface area contributed by atoms with Gasteiger partial charge in [0.25, 0.3) is 5.91 Å². The first-order valence-electron chi connectivity index (χ1n) is 9.72. The van der Waals surface area contributed by atoms with E-state index in [4.69, 9.17) is 4.74 Å². The number of aryl methyl sites for hydroxylation is 1. The molecule has 156 valence electrons. The van der Waals surface area contributed by atoms with Gasteiger partial charge in [-0.15, -0.1) is 22.7 Å². The molecule has 30 heavy (non-hydrogen) atoms. The van der Waals surface area contributed by atoms with Gasteiger partial charge in [0.2, 0.25) is 5.91 Å². The summed E-state index contributed by atoms with van der Waals surface area (Å²) in [6.45, 7) is 3.43. The third-order valence-electron chi connectivity index (χ3n) is 4.90. The van der Waals surface area contributed by atoms with Crippen molar-refractivity contribution in [1.29, 1.82) is 0 Å². The largest absolute Gasteiger partial charge is 0.487 e. The fourth-order valence-corrected chi connectivity index (χ4v) is 4.51. The zero-order valence-corrected chi connectivity index (χ0v) is 18.2. The van der Waals surface area contributed by atoms with Crippen LogP contribution in [0.4, 0.5) is 5.13 Å². The molecular weight excluding hydrogens is 420 g/mol. The molecule has 0 aliphatic carbocycles. The molecule has 1 saturated heterocycles. The molecule has 1 aliphatic heterocycles. The molecule has 7 nitrogen and oxygen atoms in total. The minimum absolute atomic E-state index is 0.0663. The average molecular weight is 443 g/mol. The molecule has 1 N–H and O–H groups in total. The van der Waals surface area contributed by atoms with Crippen LogP contribution in [0.2, 0.25) is 0 Å². The lowest BCUT2D eigenvalue weighted by Crippen LogP contribution is -2.43. The first-order chi connectivity index (χ1) is 14.6. The normalized spacial score (nSPS) is 16.3. The maximum atomic E-state index is 12.9. The van der Waals surface area contributed by atoms with Crippen LogP contribution < -0.4 is 10.1 Å². The van der Waals surface area contributed by atoms with Gasteiger partial charge in [0.05, 0.1) is 16.6 Å². The van der Waals surface area contributed by atoms with Crippen molar-refractivity contribution < 1.29 is 14.3 Å². The lowest BCUT2D eigenvalue weighted by Gasteiger charge is -2.32. The molecule has 3 aromatic rings. The number of likely N-dealkylation sites (tertiary alicyclic amines) is 1. The van der Waals surface area contributed by atoms with Crippen molar-refractivity contribution in [2.75, 3.05) is 18.4 Å². The summed E-state index contributed by atoms with van der Waals surface area (Å²) in [4.78, 5) is 35.6. The van der Waals surface area contributed by atoms with Crippen LogP contribution in [0.5, 0.6) is 5.75 Å². The Morgan fingerprint density at radius 1 is 1.27 bits per heavy atom. The number of rotatable bonds is 6. The maximum absolute atomic E-state index is 12.9. The van der Waals surface area contributed by atoms with E-state index < -0.39 is 0 Å². The zero-order chi connectivity index (χ0) is 20.9. The molecule has 3 heterocycles. The highest BCUT2D eigenvalue weighted by atomic mass is 32.1. The fourth-order valence-electron chi connectivity index (χ4n) is 3.38. The number of hydrogen-bond acceptors (Lipinski definition) is 7. The Kier molecular flexibility index (Phi) is 6.39. The van der Waals surface area contributed by atoms with Crippen LogP contribution in [0.1, 0.15) is 33.9 Å². The van der Waals surface area contributed by atoms with Crippen LogP contribution in [0, 0.1) is 12.8 Å². The van der Waals surface area contributed by atoms with Gasteiger partial charge in [-0.05, 0) is 44.0 Å². The maximum Gasteiger partial charge on any atom is 0.253 e. The van der Waals surface area contributed by atoms with Gasteiger partial charge in [0, 0.05) is 35.6 Å². The molecule has 0 radical (unpaired) electrons. The number of thiazole rings is 2. The van der Waals surface area contributed by atoms with Gasteiger partial charge in [0.15, 0.2) is 5.13 Å². The van der Waals surface area contributed by atoms with E-state index in [1.54, 1.807) is 46.7 Å². The second-order valence-corrected chi connectivity index (χ2v) is 9.04. The summed E-state index contributed by atoms with van der Waals surface area (Å²) in [5.74, 6) is 0.319. The first-order valence-corrected chi connectivity index (χ1v) is 11.5. The van der Waals surface area contributed by atoms with Gasteiger partial charge in [-0.2, -0.15) is 0 Å². The Labute approximate surface area is 182 Å². The lowest BCUT2D eigenvalue weighted by atomic mass is 9.96. The van der Waals surface area contributed by atoms with E-state index in [0.29, 0.717) is 36.1 Å². The number of amides is 2. The van der Waals surface area contributed by atoms with E-state index in [1.807, 2.05) is 17.7 Å². The summed E-state index contributed by atoms with van der Waals surface area (Å²) in [6, 6.07) is 7.12. The second-order valence-electron chi connectivity index (χ2n) is 7.09. The topological polar surface area (TPSA) is 84.4 Å². The van der Waals surface area contributed by atoms with Crippen molar-refractivity contribution in [1.82, 2.24) is 14.9 Å². The third kappa shape index (κ3) is 5.03. The van der Waals surface area contributed by atoms with Crippen molar-refractivity contribution in [2.24, 2.45) is 5.92 Å². The predicted molar refractivity (Wildman–Crippen MR) is 117 cm³/mol. The Morgan fingerprint density at radius 3 is 2.80 bits per heavy atom.